The summed E-state index contributed by atoms with van der Waals surface area (Å²) in [6.45, 7) is 4.62. The van der Waals surface area contributed by atoms with Crippen LogP contribution in [0.3, 0.4) is 0 Å². The van der Waals surface area contributed by atoms with E-state index in [1.807, 2.05) is 0 Å². The summed E-state index contributed by atoms with van der Waals surface area (Å²) in [5.74, 6) is 2.41. The summed E-state index contributed by atoms with van der Waals surface area (Å²) in [5, 5.41) is 2.67. The van der Waals surface area contributed by atoms with Gasteiger partial charge in [-0.1, -0.05) is 12.8 Å². The van der Waals surface area contributed by atoms with Crippen molar-refractivity contribution in [3.8, 4) is 0 Å². The number of amides is 1. The molecule has 0 unspecified atom stereocenters. The van der Waals surface area contributed by atoms with Crippen LogP contribution in [0.5, 0.6) is 0 Å². The molecule has 1 aromatic carbocycles. The SMILES string of the molecule is CCn1c(CCCCCCC(=O)NC)nc2cc(N(CCCl)CCCl)ccc21. The van der Waals surface area contributed by atoms with E-state index in [1.54, 1.807) is 7.05 Å². The maximum atomic E-state index is 11.3. The fourth-order valence-electron chi connectivity index (χ4n) is 3.53. The number of carbonyl (C=O) groups excluding carboxylic acids is 1. The van der Waals surface area contributed by atoms with Gasteiger partial charge < -0.3 is 14.8 Å². The summed E-state index contributed by atoms with van der Waals surface area (Å²) in [6.07, 6.45) is 5.82. The highest BCUT2D eigenvalue weighted by Crippen LogP contribution is 2.24. The molecule has 5 nitrogen and oxygen atoms in total. The summed E-state index contributed by atoms with van der Waals surface area (Å²) < 4.78 is 2.30. The molecule has 0 aliphatic heterocycles. The van der Waals surface area contributed by atoms with E-state index in [1.165, 1.54) is 5.52 Å². The molecule has 1 heterocycles. The van der Waals surface area contributed by atoms with Crippen LogP contribution >= 0.6 is 23.2 Å². The number of nitrogens with one attached hydrogen (secondary N) is 1. The third kappa shape index (κ3) is 6.28. The molecule has 0 bridgehead atoms. The third-order valence-electron chi connectivity index (χ3n) is 5.03. The number of hydrogen-bond donors (Lipinski definition) is 1. The number of nitrogens with zero attached hydrogens (tertiary/aromatic N) is 3. The Balaban J connectivity index is 2.02. The van der Waals surface area contributed by atoms with E-state index in [-0.39, 0.29) is 5.91 Å². The lowest BCUT2D eigenvalue weighted by Crippen LogP contribution is -2.27. The van der Waals surface area contributed by atoms with Gasteiger partial charge in [0.1, 0.15) is 5.82 Å². The molecule has 0 fully saturated rings. The van der Waals surface area contributed by atoms with E-state index in [4.69, 9.17) is 28.2 Å². The average molecular weight is 427 g/mol. The highest BCUT2D eigenvalue weighted by molar-refractivity contribution is 6.18. The lowest BCUT2D eigenvalue weighted by molar-refractivity contribution is -0.120. The van der Waals surface area contributed by atoms with Crippen molar-refractivity contribution in [2.75, 3.05) is 36.8 Å². The number of benzene rings is 1. The van der Waals surface area contributed by atoms with Crippen molar-refractivity contribution in [2.24, 2.45) is 0 Å². The first-order chi connectivity index (χ1) is 13.6. The smallest absolute Gasteiger partial charge is 0.219 e. The summed E-state index contributed by atoms with van der Waals surface area (Å²) in [4.78, 5) is 18.4. The Bertz CT molecular complexity index is 741. The largest absolute Gasteiger partial charge is 0.369 e. The van der Waals surface area contributed by atoms with E-state index >= 15 is 0 Å². The van der Waals surface area contributed by atoms with Gasteiger partial charge in [-0.15, -0.1) is 23.2 Å². The second-order valence-electron chi connectivity index (χ2n) is 6.90. The van der Waals surface area contributed by atoms with Gasteiger partial charge in [0.2, 0.25) is 5.91 Å². The van der Waals surface area contributed by atoms with E-state index in [2.05, 4.69) is 39.9 Å². The number of aryl methyl sites for hydroxylation is 2. The number of alkyl halides is 2. The molecule has 2 rings (SSSR count). The van der Waals surface area contributed by atoms with Crippen molar-refractivity contribution in [1.82, 2.24) is 14.9 Å². The number of unbranched alkanes of at least 4 members (excludes halogenated alkanes) is 3. The summed E-state index contributed by atoms with van der Waals surface area (Å²) >= 11 is 11.9. The second-order valence-corrected chi connectivity index (χ2v) is 7.65. The quantitative estimate of drug-likeness (QED) is 0.376. The number of fused-ring (bicyclic) bond motifs is 1. The number of aromatic nitrogens is 2. The Kier molecular flexibility index (Phi) is 9.93. The van der Waals surface area contributed by atoms with Crippen LogP contribution in [0.15, 0.2) is 18.2 Å². The summed E-state index contributed by atoms with van der Waals surface area (Å²) in [5.41, 5.74) is 3.33. The number of anilines is 1. The standard InChI is InChI=1S/C21H32Cl2N4O/c1-3-27-19-11-10-17(26(14-12-22)15-13-23)16-18(19)25-20(27)8-6-4-5-7-9-21(28)24-2/h10-11,16H,3-9,12-15H2,1-2H3,(H,24,28). The zero-order valence-corrected chi connectivity index (χ0v) is 18.5. The number of hydrogen-bond acceptors (Lipinski definition) is 3. The Morgan fingerprint density at radius 1 is 1.14 bits per heavy atom. The molecule has 156 valence electrons. The highest BCUT2D eigenvalue weighted by atomic mass is 35.5. The molecule has 0 radical (unpaired) electrons. The number of rotatable bonds is 13. The number of imidazole rings is 1. The zero-order valence-electron chi connectivity index (χ0n) is 17.0. The molecule has 0 spiro atoms. The van der Waals surface area contributed by atoms with Crippen LogP contribution in [0.4, 0.5) is 5.69 Å². The molecule has 7 heteroatoms. The molecule has 1 N–H and O–H groups in total. The molecule has 2 aromatic rings. The van der Waals surface area contributed by atoms with Gasteiger partial charge in [-0.05, 0) is 38.0 Å². The maximum absolute atomic E-state index is 11.3. The first-order valence-corrected chi connectivity index (χ1v) is 11.3. The predicted octanol–water partition coefficient (Wildman–Crippen LogP) is 4.58. The second kappa shape index (κ2) is 12.2. The van der Waals surface area contributed by atoms with E-state index in [0.29, 0.717) is 18.2 Å². The van der Waals surface area contributed by atoms with Crippen molar-refractivity contribution in [2.45, 2.75) is 52.0 Å². The molecule has 28 heavy (non-hydrogen) atoms. The monoisotopic (exact) mass is 426 g/mol. The van der Waals surface area contributed by atoms with Crippen molar-refractivity contribution in [1.29, 1.82) is 0 Å². The molecule has 0 saturated carbocycles. The van der Waals surface area contributed by atoms with Gasteiger partial charge in [0.05, 0.1) is 11.0 Å². The predicted molar refractivity (Wildman–Crippen MR) is 120 cm³/mol. The lowest BCUT2D eigenvalue weighted by atomic mass is 10.1. The van der Waals surface area contributed by atoms with Crippen molar-refractivity contribution < 1.29 is 4.79 Å². The van der Waals surface area contributed by atoms with Gasteiger partial charge in [0.15, 0.2) is 0 Å². The minimum Gasteiger partial charge on any atom is -0.369 e. The molecule has 1 amide bonds. The van der Waals surface area contributed by atoms with Gasteiger partial charge >= 0.3 is 0 Å². The molecule has 1 aromatic heterocycles. The van der Waals surface area contributed by atoms with E-state index in [9.17, 15) is 4.79 Å². The lowest BCUT2D eigenvalue weighted by Gasteiger charge is -2.22. The number of halogens is 2. The zero-order chi connectivity index (χ0) is 20.4. The fraction of sp³-hybridized carbons (Fsp3) is 0.619. The minimum atomic E-state index is 0.126. The molecular formula is C21H32Cl2N4O. The normalized spacial score (nSPS) is 11.1. The highest BCUT2D eigenvalue weighted by Gasteiger charge is 2.12. The first-order valence-electron chi connectivity index (χ1n) is 10.2. The van der Waals surface area contributed by atoms with Gasteiger partial charge in [0.25, 0.3) is 0 Å². The van der Waals surface area contributed by atoms with Crippen LogP contribution in [0.25, 0.3) is 11.0 Å². The molecular weight excluding hydrogens is 395 g/mol. The van der Waals surface area contributed by atoms with Gasteiger partial charge in [-0.2, -0.15) is 0 Å². The van der Waals surface area contributed by atoms with Crippen LogP contribution in [0.1, 0.15) is 44.9 Å². The van der Waals surface area contributed by atoms with Crippen molar-refractivity contribution >= 4 is 45.8 Å². The maximum Gasteiger partial charge on any atom is 0.219 e. The van der Waals surface area contributed by atoms with Crippen LogP contribution in [0, 0.1) is 0 Å². The van der Waals surface area contributed by atoms with Gasteiger partial charge in [-0.3, -0.25) is 4.79 Å². The Morgan fingerprint density at radius 3 is 2.50 bits per heavy atom. The molecule has 0 aliphatic rings. The summed E-state index contributed by atoms with van der Waals surface area (Å²) in [7, 11) is 1.69. The number of carbonyl (C=O) groups is 1. The van der Waals surface area contributed by atoms with Crippen molar-refractivity contribution in [3.05, 3.63) is 24.0 Å². The Morgan fingerprint density at radius 2 is 1.86 bits per heavy atom. The Hall–Kier alpha value is -1.46. The minimum absolute atomic E-state index is 0.126. The van der Waals surface area contributed by atoms with E-state index < -0.39 is 0 Å². The van der Waals surface area contributed by atoms with Crippen LogP contribution in [-0.4, -0.2) is 47.4 Å². The van der Waals surface area contributed by atoms with Gasteiger partial charge in [0, 0.05) is 57.0 Å². The molecule has 0 aliphatic carbocycles. The summed E-state index contributed by atoms with van der Waals surface area (Å²) in [6, 6.07) is 6.44. The van der Waals surface area contributed by atoms with Crippen LogP contribution < -0.4 is 10.2 Å². The Labute approximate surface area is 178 Å². The van der Waals surface area contributed by atoms with Gasteiger partial charge in [-0.25, -0.2) is 4.98 Å². The third-order valence-corrected chi connectivity index (χ3v) is 5.37. The van der Waals surface area contributed by atoms with E-state index in [0.717, 1.165) is 68.8 Å². The van der Waals surface area contributed by atoms with Crippen LogP contribution in [0.2, 0.25) is 0 Å². The first kappa shape index (κ1) is 22.8. The molecule has 0 atom stereocenters. The van der Waals surface area contributed by atoms with Crippen LogP contribution in [-0.2, 0) is 17.8 Å². The fourth-order valence-corrected chi connectivity index (χ4v) is 3.94. The molecule has 0 saturated heterocycles. The average Bonchev–Trinajstić information content (AvgIpc) is 3.06. The topological polar surface area (TPSA) is 50.2 Å². The van der Waals surface area contributed by atoms with Crippen molar-refractivity contribution in [3.63, 3.8) is 0 Å².